The fourth-order valence-electron chi connectivity index (χ4n) is 2.73. The number of rotatable bonds is 6. The summed E-state index contributed by atoms with van der Waals surface area (Å²) in [5, 5.41) is 11.7. The summed E-state index contributed by atoms with van der Waals surface area (Å²) >= 11 is 3.79. The van der Waals surface area contributed by atoms with Gasteiger partial charge in [-0.2, -0.15) is 13.2 Å². The number of benzene rings is 3. The van der Waals surface area contributed by atoms with Crippen LogP contribution in [0.2, 0.25) is 0 Å². The fourth-order valence-corrected chi connectivity index (χ4v) is 2.92. The summed E-state index contributed by atoms with van der Waals surface area (Å²) in [4.78, 5) is 11.1. The Balaban J connectivity index is 0.000000357. The zero-order valence-corrected chi connectivity index (χ0v) is 18.2. The van der Waals surface area contributed by atoms with Gasteiger partial charge in [-0.25, -0.2) is 13.6 Å². The lowest BCUT2D eigenvalue weighted by Gasteiger charge is -2.14. The summed E-state index contributed by atoms with van der Waals surface area (Å²) in [5.41, 5.74) is 0.786. The number of hydrogen-bond acceptors (Lipinski definition) is 4. The maximum Gasteiger partial charge on any atom is 0.416 e. The highest BCUT2D eigenvalue weighted by atomic mass is 32.1. The normalized spacial score (nSPS) is 10.9. The molecule has 3 aromatic carbocycles. The van der Waals surface area contributed by atoms with Crippen LogP contribution in [0.3, 0.4) is 0 Å². The van der Waals surface area contributed by atoms with Gasteiger partial charge in [-0.05, 0) is 60.6 Å². The molecule has 0 aromatic heterocycles. The number of ether oxygens (including phenoxy) is 1. The zero-order chi connectivity index (χ0) is 24.6. The highest BCUT2D eigenvalue weighted by Gasteiger charge is 2.30. The van der Waals surface area contributed by atoms with E-state index in [0.717, 1.165) is 29.8 Å². The molecule has 0 aliphatic rings. The van der Waals surface area contributed by atoms with Crippen LogP contribution in [-0.2, 0) is 17.5 Å². The second-order valence-corrected chi connectivity index (χ2v) is 7.24. The maximum absolute atomic E-state index is 12.9. The molecule has 0 saturated carbocycles. The number of hydrogen-bond donors (Lipinski definition) is 3. The summed E-state index contributed by atoms with van der Waals surface area (Å²) in [6.45, 7) is -0.0531. The van der Waals surface area contributed by atoms with Gasteiger partial charge >= 0.3 is 12.1 Å². The Morgan fingerprint density at radius 1 is 1.03 bits per heavy atom. The molecule has 0 amide bonds. The second-order valence-electron chi connectivity index (χ2n) is 6.72. The van der Waals surface area contributed by atoms with Crippen molar-refractivity contribution < 1.29 is 36.6 Å². The molecule has 0 fully saturated rings. The Morgan fingerprint density at radius 2 is 1.76 bits per heavy atom. The maximum atomic E-state index is 12.9. The van der Waals surface area contributed by atoms with Gasteiger partial charge in [0.25, 0.3) is 0 Å². The zero-order valence-electron chi connectivity index (χ0n) is 17.3. The largest absolute Gasteiger partial charge is 0.481 e. The summed E-state index contributed by atoms with van der Waals surface area (Å²) in [5.74, 6) is -2.64. The van der Waals surface area contributed by atoms with E-state index in [9.17, 15) is 26.7 Å². The molecule has 33 heavy (non-hydrogen) atoms. The fraction of sp³-hybridized carbons (Fsp3) is 0.174. The Bertz CT molecular complexity index is 1110. The number of thiol groups is 1. The summed E-state index contributed by atoms with van der Waals surface area (Å²) < 4.78 is 68.2. The van der Waals surface area contributed by atoms with E-state index in [-0.39, 0.29) is 5.75 Å². The van der Waals surface area contributed by atoms with Crippen molar-refractivity contribution >= 4 is 18.6 Å². The molecular formula is C23H20F5NO3S. The standard InChI is InChI=1S/C17H16F3NO3.C6H4F2S/c1-21-9-11-5-6-15(24-10-16(22)23)14(7-11)12-3-2-4-13(8-12)17(18,19)20;7-5-2-1-4(9)3-6(5)8/h2-8,21H,9-10H2,1H3,(H,22,23);1-3,9H. The predicted octanol–water partition coefficient (Wildman–Crippen LogP) is 5.81. The topological polar surface area (TPSA) is 58.6 Å². The predicted molar refractivity (Wildman–Crippen MR) is 116 cm³/mol. The quantitative estimate of drug-likeness (QED) is 0.305. The smallest absolute Gasteiger partial charge is 0.416 e. The Hall–Kier alpha value is -3.11. The van der Waals surface area contributed by atoms with Gasteiger partial charge in [-0.1, -0.05) is 18.2 Å². The third-order valence-electron chi connectivity index (χ3n) is 4.18. The first kappa shape index (κ1) is 26.1. The van der Waals surface area contributed by atoms with E-state index in [0.29, 0.717) is 22.6 Å². The molecular weight excluding hydrogens is 465 g/mol. The van der Waals surface area contributed by atoms with Crippen molar-refractivity contribution in [1.29, 1.82) is 0 Å². The summed E-state index contributed by atoms with van der Waals surface area (Å²) in [7, 11) is 1.75. The Labute approximate surface area is 192 Å². The van der Waals surface area contributed by atoms with Crippen molar-refractivity contribution in [2.75, 3.05) is 13.7 Å². The van der Waals surface area contributed by atoms with Crippen LogP contribution in [-0.4, -0.2) is 24.7 Å². The summed E-state index contributed by atoms with van der Waals surface area (Å²) in [6.07, 6.45) is -4.46. The monoisotopic (exact) mass is 485 g/mol. The molecule has 0 spiro atoms. The molecule has 10 heteroatoms. The van der Waals surface area contributed by atoms with E-state index in [1.165, 1.54) is 18.2 Å². The average Bonchev–Trinajstić information content (AvgIpc) is 2.76. The van der Waals surface area contributed by atoms with Crippen molar-refractivity contribution in [3.63, 3.8) is 0 Å². The van der Waals surface area contributed by atoms with Gasteiger partial charge in [0.1, 0.15) is 5.75 Å². The van der Waals surface area contributed by atoms with Crippen LogP contribution < -0.4 is 10.1 Å². The number of carboxylic acids is 1. The molecule has 4 nitrogen and oxygen atoms in total. The van der Waals surface area contributed by atoms with Crippen LogP contribution in [0.25, 0.3) is 11.1 Å². The number of carboxylic acid groups (broad SMARTS) is 1. The Kier molecular flexibility index (Phi) is 9.24. The van der Waals surface area contributed by atoms with Crippen molar-refractivity contribution in [3.8, 4) is 16.9 Å². The first-order valence-corrected chi connectivity index (χ1v) is 9.89. The lowest BCUT2D eigenvalue weighted by atomic mass is 9.99. The lowest BCUT2D eigenvalue weighted by Crippen LogP contribution is -2.11. The van der Waals surface area contributed by atoms with Crippen LogP contribution in [0.4, 0.5) is 22.0 Å². The molecule has 2 N–H and O–H groups in total. The lowest BCUT2D eigenvalue weighted by molar-refractivity contribution is -0.139. The summed E-state index contributed by atoms with van der Waals surface area (Å²) in [6, 6.07) is 13.3. The molecule has 3 aromatic rings. The molecule has 0 unspecified atom stereocenters. The van der Waals surface area contributed by atoms with E-state index >= 15 is 0 Å². The van der Waals surface area contributed by atoms with Crippen LogP contribution in [0.1, 0.15) is 11.1 Å². The molecule has 0 aliphatic carbocycles. The van der Waals surface area contributed by atoms with Crippen LogP contribution in [0, 0.1) is 11.6 Å². The number of nitrogens with one attached hydrogen (secondary N) is 1. The number of aliphatic carboxylic acids is 1. The van der Waals surface area contributed by atoms with E-state index in [1.807, 2.05) is 0 Å². The number of alkyl halides is 3. The molecule has 0 atom stereocenters. The molecule has 0 aliphatic heterocycles. The highest BCUT2D eigenvalue weighted by Crippen LogP contribution is 2.36. The Morgan fingerprint density at radius 3 is 2.33 bits per heavy atom. The van der Waals surface area contributed by atoms with Crippen molar-refractivity contribution in [2.45, 2.75) is 17.6 Å². The van der Waals surface area contributed by atoms with Gasteiger partial charge in [0.2, 0.25) is 0 Å². The third-order valence-corrected chi connectivity index (χ3v) is 4.46. The highest BCUT2D eigenvalue weighted by molar-refractivity contribution is 7.80. The van der Waals surface area contributed by atoms with Gasteiger partial charge in [0, 0.05) is 17.0 Å². The molecule has 176 valence electrons. The van der Waals surface area contributed by atoms with Gasteiger partial charge in [0.05, 0.1) is 5.56 Å². The van der Waals surface area contributed by atoms with Gasteiger partial charge in [-0.15, -0.1) is 12.6 Å². The van der Waals surface area contributed by atoms with Gasteiger partial charge < -0.3 is 15.2 Å². The van der Waals surface area contributed by atoms with E-state index in [2.05, 4.69) is 17.9 Å². The third kappa shape index (κ3) is 8.07. The molecule has 0 radical (unpaired) electrons. The van der Waals surface area contributed by atoms with Crippen molar-refractivity contribution in [1.82, 2.24) is 5.32 Å². The number of carbonyl (C=O) groups is 1. The molecule has 3 rings (SSSR count). The van der Waals surface area contributed by atoms with Crippen LogP contribution >= 0.6 is 12.6 Å². The first-order valence-electron chi connectivity index (χ1n) is 9.45. The number of halogens is 5. The molecule has 0 heterocycles. The minimum atomic E-state index is -4.46. The van der Waals surface area contributed by atoms with Gasteiger partial charge in [-0.3, -0.25) is 0 Å². The van der Waals surface area contributed by atoms with E-state index < -0.39 is 36.0 Å². The van der Waals surface area contributed by atoms with E-state index in [4.69, 9.17) is 9.84 Å². The SMILES string of the molecule is CNCc1ccc(OCC(=O)O)c(-c2cccc(C(F)(F)F)c2)c1.Fc1ccc(S)cc1F. The molecule has 0 bridgehead atoms. The minimum Gasteiger partial charge on any atom is -0.481 e. The van der Waals surface area contributed by atoms with Crippen molar-refractivity contribution in [2.24, 2.45) is 0 Å². The van der Waals surface area contributed by atoms with E-state index in [1.54, 1.807) is 25.2 Å². The second kappa shape index (κ2) is 11.7. The first-order chi connectivity index (χ1) is 15.5. The average molecular weight is 485 g/mol. The molecule has 0 saturated heterocycles. The van der Waals surface area contributed by atoms with Crippen LogP contribution in [0.5, 0.6) is 5.75 Å². The van der Waals surface area contributed by atoms with Gasteiger partial charge in [0.15, 0.2) is 18.2 Å². The van der Waals surface area contributed by atoms with Crippen LogP contribution in [0.15, 0.2) is 65.6 Å². The van der Waals surface area contributed by atoms with Crippen molar-refractivity contribution in [3.05, 3.63) is 83.4 Å². The minimum absolute atomic E-state index is 0.219.